The maximum Gasteiger partial charge on any atom is 0.159 e. The minimum atomic E-state index is -0.260. The zero-order chi connectivity index (χ0) is 31.6. The van der Waals surface area contributed by atoms with Crippen molar-refractivity contribution in [2.75, 3.05) is 0 Å². The summed E-state index contributed by atoms with van der Waals surface area (Å²) in [4.78, 5) is 10.2. The Hall–Kier alpha value is -6.04. The number of benzene rings is 7. The van der Waals surface area contributed by atoms with Crippen LogP contribution in [0.2, 0.25) is 0 Å². The summed E-state index contributed by atoms with van der Waals surface area (Å²) in [5.41, 5.74) is 7.09. The van der Waals surface area contributed by atoms with Gasteiger partial charge >= 0.3 is 0 Å². The molecule has 1 aliphatic rings. The summed E-state index contributed by atoms with van der Waals surface area (Å²) in [5, 5.41) is 10.8. The second kappa shape index (κ2) is 10.8. The van der Waals surface area contributed by atoms with Gasteiger partial charge in [-0.15, -0.1) is 11.3 Å². The third-order valence-electron chi connectivity index (χ3n) is 9.32. The van der Waals surface area contributed by atoms with Gasteiger partial charge in [0.25, 0.3) is 0 Å². The summed E-state index contributed by atoms with van der Waals surface area (Å²) in [6.45, 7) is 0. The fourth-order valence-corrected chi connectivity index (χ4v) is 8.18. The summed E-state index contributed by atoms with van der Waals surface area (Å²) in [7, 11) is 0. The first kappa shape index (κ1) is 27.1. The lowest BCUT2D eigenvalue weighted by molar-refractivity contribution is 0.670. The van der Waals surface area contributed by atoms with Crippen molar-refractivity contribution in [3.8, 4) is 11.1 Å². The van der Waals surface area contributed by atoms with E-state index in [1.165, 1.54) is 36.3 Å². The van der Waals surface area contributed by atoms with Crippen LogP contribution in [-0.2, 0) is 0 Å². The van der Waals surface area contributed by atoms with Gasteiger partial charge in [0.15, 0.2) is 5.84 Å². The number of hydrogen-bond acceptors (Lipinski definition) is 5. The number of fused-ring (bicyclic) bond motifs is 8. The molecule has 226 valence electrons. The molecule has 0 amide bonds. The molecule has 0 saturated carbocycles. The topological polar surface area (TPSA) is 49.9 Å². The molecular formula is C43H27N3OS. The quantitative estimate of drug-likeness (QED) is 0.210. The van der Waals surface area contributed by atoms with Gasteiger partial charge < -0.3 is 9.73 Å². The van der Waals surface area contributed by atoms with Crippen LogP contribution in [-0.4, -0.2) is 11.7 Å². The number of nitrogens with one attached hydrogen (secondary N) is 1. The fourth-order valence-electron chi connectivity index (χ4n) is 6.95. The number of aliphatic imine (C=N–C) groups is 2. The van der Waals surface area contributed by atoms with Crippen molar-refractivity contribution >= 4 is 75.9 Å². The molecule has 0 radical (unpaired) electrons. The summed E-state index contributed by atoms with van der Waals surface area (Å²) in [6.07, 6.45) is -0.260. The van der Waals surface area contributed by atoms with E-state index in [0.717, 1.165) is 50.2 Å². The molecule has 7 aromatic carbocycles. The van der Waals surface area contributed by atoms with E-state index in [0.29, 0.717) is 5.84 Å². The van der Waals surface area contributed by atoms with Crippen LogP contribution in [0.4, 0.5) is 0 Å². The van der Waals surface area contributed by atoms with Crippen molar-refractivity contribution in [1.82, 2.24) is 5.32 Å². The molecule has 1 aliphatic heterocycles. The summed E-state index contributed by atoms with van der Waals surface area (Å²) in [6, 6.07) is 53.2. The minimum absolute atomic E-state index is 0.260. The smallest absolute Gasteiger partial charge is 0.159 e. The molecule has 9 aromatic rings. The van der Waals surface area contributed by atoms with Crippen LogP contribution in [0.15, 0.2) is 166 Å². The van der Waals surface area contributed by atoms with Gasteiger partial charge in [0, 0.05) is 47.6 Å². The Bertz CT molecular complexity index is 2750. The van der Waals surface area contributed by atoms with E-state index in [9.17, 15) is 0 Å². The van der Waals surface area contributed by atoms with Crippen LogP contribution in [0.1, 0.15) is 22.9 Å². The van der Waals surface area contributed by atoms with E-state index in [2.05, 4.69) is 145 Å². The molecule has 48 heavy (non-hydrogen) atoms. The van der Waals surface area contributed by atoms with Gasteiger partial charge in [-0.25, -0.2) is 9.98 Å². The Morgan fingerprint density at radius 1 is 0.583 bits per heavy atom. The SMILES string of the molecule is c1ccc(C2N=C(c3ccc4ccccc4c3)N=C(c3ccc(-c4cc5c6ccccc6sc5c5c4oc4ccccc45)cc3)N2)cc1. The van der Waals surface area contributed by atoms with Crippen LogP contribution >= 0.6 is 11.3 Å². The highest BCUT2D eigenvalue weighted by atomic mass is 32.1. The highest BCUT2D eigenvalue weighted by Gasteiger charge is 2.22. The second-order valence-corrected chi connectivity index (χ2v) is 13.3. The molecule has 0 aliphatic carbocycles. The van der Waals surface area contributed by atoms with Gasteiger partial charge in [0.05, 0.1) is 0 Å². The van der Waals surface area contributed by atoms with Crippen LogP contribution in [0.3, 0.4) is 0 Å². The molecule has 5 heteroatoms. The molecule has 3 heterocycles. The molecular weight excluding hydrogens is 607 g/mol. The van der Waals surface area contributed by atoms with Crippen LogP contribution in [0, 0.1) is 0 Å². The Morgan fingerprint density at radius 2 is 1.29 bits per heavy atom. The monoisotopic (exact) mass is 633 g/mol. The normalized spacial score (nSPS) is 14.9. The molecule has 1 unspecified atom stereocenters. The molecule has 0 bridgehead atoms. The number of furan rings is 1. The van der Waals surface area contributed by atoms with Gasteiger partial charge in [-0.1, -0.05) is 127 Å². The first-order valence-electron chi connectivity index (χ1n) is 16.1. The molecule has 1 atom stereocenters. The van der Waals surface area contributed by atoms with Crippen molar-refractivity contribution in [2.45, 2.75) is 6.17 Å². The molecule has 0 spiro atoms. The van der Waals surface area contributed by atoms with Crippen molar-refractivity contribution in [1.29, 1.82) is 0 Å². The Morgan fingerprint density at radius 3 is 2.17 bits per heavy atom. The summed E-state index contributed by atoms with van der Waals surface area (Å²) in [5.74, 6) is 1.51. The lowest BCUT2D eigenvalue weighted by Gasteiger charge is -2.24. The Balaban J connectivity index is 1.10. The number of nitrogens with zero attached hydrogens (tertiary/aromatic N) is 2. The largest absolute Gasteiger partial charge is 0.455 e. The lowest BCUT2D eigenvalue weighted by atomic mass is 9.98. The van der Waals surface area contributed by atoms with E-state index < -0.39 is 0 Å². The molecule has 0 fully saturated rings. The molecule has 10 rings (SSSR count). The molecule has 4 nitrogen and oxygen atoms in total. The molecule has 1 N–H and O–H groups in total. The van der Waals surface area contributed by atoms with E-state index in [1.807, 2.05) is 23.5 Å². The lowest BCUT2D eigenvalue weighted by Crippen LogP contribution is -2.33. The predicted molar refractivity (Wildman–Crippen MR) is 201 cm³/mol. The Kier molecular flexibility index (Phi) is 6.08. The number of thiophene rings is 1. The third-order valence-corrected chi connectivity index (χ3v) is 10.5. The van der Waals surface area contributed by atoms with E-state index in [4.69, 9.17) is 14.4 Å². The van der Waals surface area contributed by atoms with Gasteiger partial charge in [0.2, 0.25) is 0 Å². The first-order valence-corrected chi connectivity index (χ1v) is 16.9. The highest BCUT2D eigenvalue weighted by molar-refractivity contribution is 7.26. The average Bonchev–Trinajstić information content (AvgIpc) is 3.73. The van der Waals surface area contributed by atoms with E-state index in [-0.39, 0.29) is 6.17 Å². The minimum Gasteiger partial charge on any atom is -0.455 e. The average molecular weight is 634 g/mol. The maximum atomic E-state index is 6.60. The molecule has 2 aromatic heterocycles. The number of amidine groups is 2. The van der Waals surface area contributed by atoms with Crippen molar-refractivity contribution in [3.05, 3.63) is 168 Å². The van der Waals surface area contributed by atoms with E-state index in [1.54, 1.807) is 0 Å². The van der Waals surface area contributed by atoms with Gasteiger partial charge in [-0.3, -0.25) is 0 Å². The molecule has 0 saturated heterocycles. The van der Waals surface area contributed by atoms with Crippen molar-refractivity contribution in [2.24, 2.45) is 9.98 Å². The van der Waals surface area contributed by atoms with Gasteiger partial charge in [-0.05, 0) is 46.2 Å². The van der Waals surface area contributed by atoms with Gasteiger partial charge in [0.1, 0.15) is 23.2 Å². The summed E-state index contributed by atoms with van der Waals surface area (Å²) >= 11 is 1.84. The van der Waals surface area contributed by atoms with Gasteiger partial charge in [-0.2, -0.15) is 0 Å². The van der Waals surface area contributed by atoms with Crippen molar-refractivity contribution in [3.63, 3.8) is 0 Å². The first-order chi connectivity index (χ1) is 23.8. The van der Waals surface area contributed by atoms with Crippen LogP contribution in [0.25, 0.3) is 64.0 Å². The zero-order valence-corrected chi connectivity index (χ0v) is 26.5. The van der Waals surface area contributed by atoms with E-state index >= 15 is 0 Å². The number of hydrogen-bond donors (Lipinski definition) is 1. The van der Waals surface area contributed by atoms with Crippen LogP contribution in [0.5, 0.6) is 0 Å². The highest BCUT2D eigenvalue weighted by Crippen LogP contribution is 2.46. The number of rotatable bonds is 4. The second-order valence-electron chi connectivity index (χ2n) is 12.2. The van der Waals surface area contributed by atoms with Crippen LogP contribution < -0.4 is 5.32 Å². The zero-order valence-electron chi connectivity index (χ0n) is 25.7. The Labute approximate surface area is 280 Å². The fraction of sp³-hybridized carbons (Fsp3) is 0.0233. The predicted octanol–water partition coefficient (Wildman–Crippen LogP) is 11.3. The summed E-state index contributed by atoms with van der Waals surface area (Å²) < 4.78 is 9.15. The third kappa shape index (κ3) is 4.36. The number of para-hydroxylation sites is 1. The maximum absolute atomic E-state index is 6.60. The standard InChI is InChI=1S/C43H27N3OS/c1-2-11-28(12-3-1)41-44-42(46-43(45-41)31-23-18-26-10-4-5-13-30(26)24-31)29-21-19-27(20-22-29)34-25-35-32-14-7-9-17-37(32)48-40(35)38-33-15-6-8-16-36(33)47-39(34)38/h1-25,41H,(H,44,45,46). The van der Waals surface area contributed by atoms with Crippen molar-refractivity contribution < 1.29 is 4.42 Å².